The Hall–Kier alpha value is -1.19. The zero-order chi connectivity index (χ0) is 14.8. The summed E-state index contributed by atoms with van der Waals surface area (Å²) in [6.45, 7) is 7.54. The zero-order valence-corrected chi connectivity index (χ0v) is 13.9. The lowest BCUT2D eigenvalue weighted by atomic mass is 9.97. The van der Waals surface area contributed by atoms with E-state index in [1.54, 1.807) is 11.3 Å². The van der Waals surface area contributed by atoms with Gasteiger partial charge in [-0.3, -0.25) is 0 Å². The molecule has 0 amide bonds. The Bertz CT molecular complexity index is 599. The molecule has 0 spiro atoms. The molecule has 1 unspecified atom stereocenters. The Kier molecular flexibility index (Phi) is 4.41. The quantitative estimate of drug-likeness (QED) is 0.825. The maximum Gasteiger partial charge on any atom is 0.114 e. The van der Waals surface area contributed by atoms with Crippen LogP contribution in [-0.2, 0) is 0 Å². The van der Waals surface area contributed by atoms with Crippen molar-refractivity contribution in [1.82, 2.24) is 10.3 Å². The van der Waals surface area contributed by atoms with Crippen molar-refractivity contribution in [2.75, 3.05) is 6.54 Å². The van der Waals surface area contributed by atoms with Gasteiger partial charge in [0.05, 0.1) is 11.7 Å². The Morgan fingerprint density at radius 1 is 1.29 bits per heavy atom. The third-order valence-electron chi connectivity index (χ3n) is 4.11. The lowest BCUT2D eigenvalue weighted by molar-refractivity contribution is 0.618. The summed E-state index contributed by atoms with van der Waals surface area (Å²) in [5.41, 5.74) is 4.15. The highest BCUT2D eigenvalue weighted by Gasteiger charge is 2.29. The van der Waals surface area contributed by atoms with Gasteiger partial charge in [0.15, 0.2) is 0 Å². The second-order valence-corrected chi connectivity index (χ2v) is 7.05. The Morgan fingerprint density at radius 3 is 2.67 bits per heavy atom. The summed E-state index contributed by atoms with van der Waals surface area (Å²) in [5, 5.41) is 7.05. The van der Waals surface area contributed by atoms with Crippen molar-refractivity contribution in [2.45, 2.75) is 51.5 Å². The lowest BCUT2D eigenvalue weighted by Gasteiger charge is -2.19. The van der Waals surface area contributed by atoms with Crippen molar-refractivity contribution >= 4 is 11.3 Å². The van der Waals surface area contributed by atoms with Crippen molar-refractivity contribution in [3.05, 3.63) is 51.5 Å². The molecule has 0 radical (unpaired) electrons. The summed E-state index contributed by atoms with van der Waals surface area (Å²) >= 11 is 1.79. The van der Waals surface area contributed by atoms with Crippen molar-refractivity contribution in [1.29, 1.82) is 0 Å². The van der Waals surface area contributed by atoms with E-state index in [9.17, 15) is 0 Å². The first-order chi connectivity index (χ1) is 10.2. The molecule has 1 aliphatic rings. The number of aromatic nitrogens is 1. The molecule has 112 valence electrons. The van der Waals surface area contributed by atoms with Crippen molar-refractivity contribution < 1.29 is 0 Å². The van der Waals surface area contributed by atoms with Gasteiger partial charge in [-0.1, -0.05) is 45.0 Å². The highest BCUT2D eigenvalue weighted by molar-refractivity contribution is 7.09. The fraction of sp³-hybridized carbons (Fsp3) is 0.500. The Morgan fingerprint density at radius 2 is 2.05 bits per heavy atom. The van der Waals surface area contributed by atoms with Crippen LogP contribution in [0.2, 0.25) is 0 Å². The summed E-state index contributed by atoms with van der Waals surface area (Å²) in [7, 11) is 0. The topological polar surface area (TPSA) is 24.9 Å². The summed E-state index contributed by atoms with van der Waals surface area (Å²) in [6.07, 6.45) is 2.68. The molecular weight excluding hydrogens is 276 g/mol. The SMILES string of the molecule is CCNC(c1nc(C(C)C)cs1)c1ccccc1C1CC1. The van der Waals surface area contributed by atoms with Gasteiger partial charge in [-0.25, -0.2) is 4.98 Å². The van der Waals surface area contributed by atoms with Crippen LogP contribution in [0.3, 0.4) is 0 Å². The molecule has 1 N–H and O–H groups in total. The maximum absolute atomic E-state index is 4.88. The number of thiazole rings is 1. The van der Waals surface area contributed by atoms with Crippen LogP contribution in [0.5, 0.6) is 0 Å². The molecule has 1 heterocycles. The fourth-order valence-electron chi connectivity index (χ4n) is 2.77. The van der Waals surface area contributed by atoms with Crippen molar-refractivity contribution in [2.24, 2.45) is 0 Å². The third-order valence-corrected chi connectivity index (χ3v) is 5.04. The van der Waals surface area contributed by atoms with Crippen molar-refractivity contribution in [3.8, 4) is 0 Å². The molecule has 1 saturated carbocycles. The minimum absolute atomic E-state index is 0.240. The minimum Gasteiger partial charge on any atom is -0.305 e. The first-order valence-electron chi connectivity index (χ1n) is 7.98. The van der Waals surface area contributed by atoms with E-state index in [-0.39, 0.29) is 6.04 Å². The van der Waals surface area contributed by atoms with Crippen LogP contribution in [0.15, 0.2) is 29.6 Å². The number of benzene rings is 1. The average Bonchev–Trinajstić information content (AvgIpc) is 3.21. The number of hydrogen-bond donors (Lipinski definition) is 1. The van der Waals surface area contributed by atoms with E-state index >= 15 is 0 Å². The van der Waals surface area contributed by atoms with E-state index in [4.69, 9.17) is 4.98 Å². The van der Waals surface area contributed by atoms with Crippen LogP contribution in [0, 0.1) is 0 Å². The van der Waals surface area contributed by atoms with Gasteiger partial charge in [0.1, 0.15) is 5.01 Å². The van der Waals surface area contributed by atoms with Gasteiger partial charge in [0.2, 0.25) is 0 Å². The lowest BCUT2D eigenvalue weighted by Crippen LogP contribution is -2.23. The van der Waals surface area contributed by atoms with Crippen LogP contribution in [0.4, 0.5) is 0 Å². The molecule has 1 aliphatic carbocycles. The minimum atomic E-state index is 0.240. The van der Waals surface area contributed by atoms with E-state index in [0.29, 0.717) is 5.92 Å². The monoisotopic (exact) mass is 300 g/mol. The van der Waals surface area contributed by atoms with Gasteiger partial charge in [0.25, 0.3) is 0 Å². The molecular formula is C18H24N2S. The van der Waals surface area contributed by atoms with E-state index in [2.05, 4.69) is 55.7 Å². The normalized spacial score (nSPS) is 16.4. The van der Waals surface area contributed by atoms with Gasteiger partial charge in [-0.2, -0.15) is 0 Å². The van der Waals surface area contributed by atoms with Gasteiger partial charge >= 0.3 is 0 Å². The van der Waals surface area contributed by atoms with E-state index in [1.165, 1.54) is 34.7 Å². The first-order valence-corrected chi connectivity index (χ1v) is 8.86. The average molecular weight is 300 g/mol. The van der Waals surface area contributed by atoms with Gasteiger partial charge in [-0.15, -0.1) is 11.3 Å². The van der Waals surface area contributed by atoms with Crippen LogP contribution in [0.1, 0.15) is 73.3 Å². The Labute approximate surface area is 131 Å². The van der Waals surface area contributed by atoms with Crippen LogP contribution in [0.25, 0.3) is 0 Å². The molecule has 0 aliphatic heterocycles. The van der Waals surface area contributed by atoms with Gasteiger partial charge < -0.3 is 5.32 Å². The molecule has 2 aromatic rings. The fourth-order valence-corrected chi connectivity index (χ4v) is 3.84. The molecule has 1 atom stereocenters. The van der Waals surface area contributed by atoms with Crippen LogP contribution < -0.4 is 5.32 Å². The number of nitrogens with zero attached hydrogens (tertiary/aromatic N) is 1. The highest BCUT2D eigenvalue weighted by Crippen LogP contribution is 2.44. The molecule has 1 aromatic carbocycles. The molecule has 0 saturated heterocycles. The molecule has 1 fully saturated rings. The third kappa shape index (κ3) is 3.19. The van der Waals surface area contributed by atoms with Gasteiger partial charge in [0, 0.05) is 5.38 Å². The number of rotatable bonds is 6. The standard InChI is InChI=1S/C18H24N2S/c1-4-19-17(18-20-16(11-21-18)12(2)3)15-8-6-5-7-14(15)13-9-10-13/h5-8,11-13,17,19H,4,9-10H2,1-3H3. The molecule has 0 bridgehead atoms. The van der Waals surface area contributed by atoms with E-state index in [1.807, 2.05) is 0 Å². The largest absolute Gasteiger partial charge is 0.305 e. The predicted molar refractivity (Wildman–Crippen MR) is 90.1 cm³/mol. The summed E-state index contributed by atoms with van der Waals surface area (Å²) < 4.78 is 0. The van der Waals surface area contributed by atoms with E-state index in [0.717, 1.165) is 12.5 Å². The number of hydrogen-bond acceptors (Lipinski definition) is 3. The number of nitrogens with one attached hydrogen (secondary N) is 1. The molecule has 1 aromatic heterocycles. The molecule has 21 heavy (non-hydrogen) atoms. The highest BCUT2D eigenvalue weighted by atomic mass is 32.1. The summed E-state index contributed by atoms with van der Waals surface area (Å²) in [4.78, 5) is 4.88. The summed E-state index contributed by atoms with van der Waals surface area (Å²) in [5.74, 6) is 1.27. The second-order valence-electron chi connectivity index (χ2n) is 6.16. The van der Waals surface area contributed by atoms with E-state index < -0.39 is 0 Å². The molecule has 2 nitrogen and oxygen atoms in total. The van der Waals surface area contributed by atoms with Gasteiger partial charge in [-0.05, 0) is 42.3 Å². The van der Waals surface area contributed by atoms with Crippen LogP contribution in [-0.4, -0.2) is 11.5 Å². The Balaban J connectivity index is 1.97. The first kappa shape index (κ1) is 14.7. The second kappa shape index (κ2) is 6.29. The maximum atomic E-state index is 4.88. The zero-order valence-electron chi connectivity index (χ0n) is 13.1. The van der Waals surface area contributed by atoms with Crippen LogP contribution >= 0.6 is 11.3 Å². The van der Waals surface area contributed by atoms with Crippen molar-refractivity contribution in [3.63, 3.8) is 0 Å². The smallest absolute Gasteiger partial charge is 0.114 e. The molecule has 3 heteroatoms. The summed E-state index contributed by atoms with van der Waals surface area (Å²) in [6, 6.07) is 9.14. The predicted octanol–water partition coefficient (Wildman–Crippen LogP) is 4.84. The molecule has 3 rings (SSSR count).